The van der Waals surface area contributed by atoms with Gasteiger partial charge in [0.2, 0.25) is 0 Å². The molecule has 1 rings (SSSR count). The molecule has 0 bridgehead atoms. The van der Waals surface area contributed by atoms with E-state index in [4.69, 9.17) is 0 Å². The van der Waals surface area contributed by atoms with Crippen LogP contribution in [0.5, 0.6) is 0 Å². The van der Waals surface area contributed by atoms with Crippen molar-refractivity contribution in [2.45, 2.75) is 20.0 Å². The van der Waals surface area contributed by atoms with Gasteiger partial charge in [0.15, 0.2) is 0 Å². The molecule has 0 fully saturated rings. The molecule has 0 spiro atoms. The van der Waals surface area contributed by atoms with Gasteiger partial charge in [0.25, 0.3) is 0 Å². The normalized spacial score (nSPS) is 10.3. The summed E-state index contributed by atoms with van der Waals surface area (Å²) in [4.78, 5) is 0. The summed E-state index contributed by atoms with van der Waals surface area (Å²) < 4.78 is 36.4. The molecule has 0 N–H and O–H groups in total. The standard InChI is InChI=1S/C9H9F3.2HI.V/c1-6-3-7(2)5-8(4-6)9(10,11)12;;;/h3-5H,1-2H3;2*1H;/q;;;+2/p-2. The fraction of sp³-hybridized carbons (Fsp3) is 0.333. The van der Waals surface area contributed by atoms with Crippen molar-refractivity contribution in [3.05, 3.63) is 34.9 Å². The monoisotopic (exact) mass is 479 g/mol. The van der Waals surface area contributed by atoms with Crippen molar-refractivity contribution in [1.29, 1.82) is 0 Å². The van der Waals surface area contributed by atoms with E-state index in [-0.39, 0.29) is 0 Å². The van der Waals surface area contributed by atoms with E-state index >= 15 is 0 Å². The van der Waals surface area contributed by atoms with Crippen LogP contribution in [0.15, 0.2) is 18.2 Å². The van der Waals surface area contributed by atoms with Crippen molar-refractivity contribution in [1.82, 2.24) is 0 Å². The molecule has 0 aliphatic rings. The zero-order valence-electron chi connectivity index (χ0n) is 8.07. The van der Waals surface area contributed by atoms with E-state index in [9.17, 15) is 13.2 Å². The van der Waals surface area contributed by atoms with E-state index < -0.39 is 11.7 Å². The van der Waals surface area contributed by atoms with Gasteiger partial charge in [-0.15, -0.1) is 0 Å². The van der Waals surface area contributed by atoms with Crippen molar-refractivity contribution in [3.8, 4) is 0 Å². The molecule has 0 nitrogen and oxygen atoms in total. The SMILES string of the molecule is Cc1cc(C)cc(C(F)(F)F)c1.[I][V][I]. The van der Waals surface area contributed by atoms with Crippen LogP contribution in [0.1, 0.15) is 16.7 Å². The Morgan fingerprint density at radius 1 is 1.00 bits per heavy atom. The molecule has 0 amide bonds. The number of halogens is 5. The van der Waals surface area contributed by atoms with Crippen LogP contribution in [-0.4, -0.2) is 0 Å². The van der Waals surface area contributed by atoms with Crippen molar-refractivity contribution < 1.29 is 22.6 Å². The third kappa shape index (κ3) is 7.07. The van der Waals surface area contributed by atoms with Crippen LogP contribution in [-0.2, 0) is 15.6 Å². The number of benzene rings is 1. The molecule has 15 heavy (non-hydrogen) atoms. The molecule has 0 radical (unpaired) electrons. The number of hydrogen-bond acceptors (Lipinski definition) is 0. The van der Waals surface area contributed by atoms with Gasteiger partial charge in [0, 0.05) is 0 Å². The van der Waals surface area contributed by atoms with Crippen LogP contribution >= 0.6 is 40.0 Å². The molecule has 0 atom stereocenters. The number of rotatable bonds is 0. The maximum absolute atomic E-state index is 12.1. The van der Waals surface area contributed by atoms with Gasteiger partial charge in [-0.2, -0.15) is 13.2 Å². The Labute approximate surface area is 116 Å². The second kappa shape index (κ2) is 7.39. The molecule has 85 valence electrons. The summed E-state index contributed by atoms with van der Waals surface area (Å²) >= 11 is 4.74. The second-order valence-corrected chi connectivity index (χ2v) is 14.7. The first-order valence-electron chi connectivity index (χ1n) is 3.89. The minimum atomic E-state index is -4.23. The molecule has 0 aliphatic carbocycles. The topological polar surface area (TPSA) is 0 Å². The maximum atomic E-state index is 12.1. The van der Waals surface area contributed by atoms with E-state index in [1.165, 1.54) is 0 Å². The predicted octanol–water partition coefficient (Wildman–Crippen LogP) is 5.09. The van der Waals surface area contributed by atoms with Crippen LogP contribution in [0.2, 0.25) is 0 Å². The van der Waals surface area contributed by atoms with Crippen molar-refractivity contribution in [2.75, 3.05) is 0 Å². The fourth-order valence-corrected chi connectivity index (χ4v) is 1.14. The summed E-state index contributed by atoms with van der Waals surface area (Å²) in [5.41, 5.74) is 0.713. The van der Waals surface area contributed by atoms with Crippen LogP contribution in [0.3, 0.4) is 0 Å². The first-order valence-corrected chi connectivity index (χ1v) is 12.9. The number of aryl methyl sites for hydroxylation is 2. The van der Waals surface area contributed by atoms with Crippen LogP contribution in [0.4, 0.5) is 13.2 Å². The summed E-state index contributed by atoms with van der Waals surface area (Å²) in [6.07, 6.45) is -4.23. The first kappa shape index (κ1) is 16.1. The summed E-state index contributed by atoms with van der Waals surface area (Å²) in [5, 5.41) is 0. The molecular weight excluding hydrogens is 470 g/mol. The van der Waals surface area contributed by atoms with Crippen molar-refractivity contribution in [3.63, 3.8) is 0 Å². The summed E-state index contributed by atoms with van der Waals surface area (Å²) in [6.45, 7) is 3.31. The fourth-order valence-electron chi connectivity index (χ4n) is 1.14. The molecular formula is C9H9F3I2V. The molecule has 0 heterocycles. The molecule has 0 aromatic heterocycles. The van der Waals surface area contributed by atoms with Gasteiger partial charge in [0.05, 0.1) is 5.56 Å². The van der Waals surface area contributed by atoms with Crippen molar-refractivity contribution in [2.24, 2.45) is 0 Å². The summed E-state index contributed by atoms with van der Waals surface area (Å²) in [7, 11) is 0.628. The molecule has 1 aromatic rings. The van der Waals surface area contributed by atoms with Gasteiger partial charge in [-0.05, 0) is 26.0 Å². The Balaban J connectivity index is 0.000000583. The molecule has 0 aliphatic heterocycles. The van der Waals surface area contributed by atoms with Crippen LogP contribution in [0.25, 0.3) is 0 Å². The zero-order valence-corrected chi connectivity index (χ0v) is 13.8. The van der Waals surface area contributed by atoms with Crippen LogP contribution < -0.4 is 0 Å². The number of alkyl halides is 3. The average Bonchev–Trinajstić information content (AvgIpc) is 2.01. The first-order chi connectivity index (χ1) is 6.81. The Bertz CT molecular complexity index is 292. The average molecular weight is 479 g/mol. The van der Waals surface area contributed by atoms with Gasteiger partial charge in [0.1, 0.15) is 0 Å². The van der Waals surface area contributed by atoms with E-state index in [0.717, 1.165) is 12.1 Å². The zero-order chi connectivity index (χ0) is 12.1. The Morgan fingerprint density at radius 2 is 1.33 bits per heavy atom. The van der Waals surface area contributed by atoms with Gasteiger partial charge in [-0.1, -0.05) is 17.2 Å². The van der Waals surface area contributed by atoms with E-state index in [0.29, 0.717) is 20.6 Å². The third-order valence-electron chi connectivity index (χ3n) is 1.55. The Hall–Kier alpha value is 1.05. The van der Waals surface area contributed by atoms with E-state index in [1.807, 2.05) is 0 Å². The molecule has 0 saturated carbocycles. The Kier molecular flexibility index (Phi) is 7.91. The molecule has 0 unspecified atom stereocenters. The summed E-state index contributed by atoms with van der Waals surface area (Å²) in [6, 6.07) is 4.01. The van der Waals surface area contributed by atoms with Crippen molar-refractivity contribution >= 4 is 40.0 Å². The van der Waals surface area contributed by atoms with Gasteiger partial charge < -0.3 is 0 Å². The quantitative estimate of drug-likeness (QED) is 0.456. The molecule has 6 heteroatoms. The van der Waals surface area contributed by atoms with Gasteiger partial charge in [-0.25, -0.2) is 0 Å². The Morgan fingerprint density at radius 3 is 1.60 bits per heavy atom. The van der Waals surface area contributed by atoms with Gasteiger partial charge in [-0.3, -0.25) is 0 Å². The second-order valence-electron chi connectivity index (χ2n) is 2.94. The predicted molar refractivity (Wildman–Crippen MR) is 69.0 cm³/mol. The van der Waals surface area contributed by atoms with E-state index in [2.05, 4.69) is 40.0 Å². The van der Waals surface area contributed by atoms with Gasteiger partial charge >= 0.3 is 55.6 Å². The third-order valence-corrected chi connectivity index (χ3v) is 1.55. The molecule has 0 saturated heterocycles. The minimum absolute atomic E-state index is 0.569. The van der Waals surface area contributed by atoms with Crippen LogP contribution in [0, 0.1) is 13.8 Å². The molecule has 1 aromatic carbocycles. The van der Waals surface area contributed by atoms with E-state index in [1.54, 1.807) is 19.9 Å². The number of hydrogen-bond donors (Lipinski definition) is 0. The summed E-state index contributed by atoms with van der Waals surface area (Å²) in [5.74, 6) is 0.